The van der Waals surface area contributed by atoms with Gasteiger partial charge < -0.3 is 9.80 Å². The first-order valence-corrected chi connectivity index (χ1v) is 7.98. The number of carbonyl (C=O) groups excluding carboxylic acids is 1. The molecule has 3 heterocycles. The number of hydrogen-bond donors (Lipinski definition) is 2. The summed E-state index contributed by atoms with van der Waals surface area (Å²) in [6.07, 6.45) is 2.41. The molecule has 1 aliphatic heterocycles. The van der Waals surface area contributed by atoms with E-state index >= 15 is 0 Å². The summed E-state index contributed by atoms with van der Waals surface area (Å²) in [7, 11) is 4.05. The fraction of sp³-hybridized carbons (Fsp3) is 0.500. The maximum absolute atomic E-state index is 12.8. The van der Waals surface area contributed by atoms with Crippen LogP contribution in [-0.4, -0.2) is 63.9 Å². The van der Waals surface area contributed by atoms with E-state index in [1.54, 1.807) is 0 Å². The first-order chi connectivity index (χ1) is 11.4. The van der Waals surface area contributed by atoms with Crippen molar-refractivity contribution in [2.24, 2.45) is 5.92 Å². The second-order valence-electron chi connectivity index (χ2n) is 6.44. The smallest absolute Gasteiger partial charge is 0.327 e. The van der Waals surface area contributed by atoms with Gasteiger partial charge >= 0.3 is 5.69 Å². The summed E-state index contributed by atoms with van der Waals surface area (Å²) in [5.74, 6) is 0.287. The lowest BCUT2D eigenvalue weighted by molar-refractivity contribution is 0.0781. The van der Waals surface area contributed by atoms with Gasteiger partial charge in [-0.05, 0) is 26.1 Å². The van der Waals surface area contributed by atoms with Crippen molar-refractivity contribution in [2.75, 3.05) is 27.2 Å². The molecular formula is C16H21N5O3. The molecule has 0 bridgehead atoms. The summed E-state index contributed by atoms with van der Waals surface area (Å²) >= 11 is 0. The van der Waals surface area contributed by atoms with Gasteiger partial charge in [0.1, 0.15) is 5.65 Å². The Balaban J connectivity index is 1.92. The molecular weight excluding hydrogens is 310 g/mol. The van der Waals surface area contributed by atoms with E-state index in [9.17, 15) is 14.4 Å². The average molecular weight is 331 g/mol. The van der Waals surface area contributed by atoms with Gasteiger partial charge in [-0.2, -0.15) is 0 Å². The van der Waals surface area contributed by atoms with Crippen LogP contribution in [0.4, 0.5) is 0 Å². The highest BCUT2D eigenvalue weighted by molar-refractivity contribution is 5.96. The number of likely N-dealkylation sites (N-methyl/N-ethyl adjacent to an activating group) is 1. The van der Waals surface area contributed by atoms with Crippen molar-refractivity contribution in [1.82, 2.24) is 24.8 Å². The summed E-state index contributed by atoms with van der Waals surface area (Å²) in [6.45, 7) is 3.48. The average Bonchev–Trinajstić information content (AvgIpc) is 2.98. The molecule has 2 aromatic heterocycles. The van der Waals surface area contributed by atoms with E-state index in [-0.39, 0.29) is 16.9 Å². The van der Waals surface area contributed by atoms with Gasteiger partial charge in [0.2, 0.25) is 0 Å². The van der Waals surface area contributed by atoms with Gasteiger partial charge in [-0.3, -0.25) is 19.6 Å². The van der Waals surface area contributed by atoms with Crippen LogP contribution in [0, 0.1) is 5.92 Å². The largest absolute Gasteiger partial charge is 0.337 e. The van der Waals surface area contributed by atoms with Crippen LogP contribution >= 0.6 is 0 Å². The predicted molar refractivity (Wildman–Crippen MR) is 90.1 cm³/mol. The van der Waals surface area contributed by atoms with Crippen LogP contribution in [-0.2, 0) is 0 Å². The molecule has 1 aliphatic rings. The number of nitrogens with zero attached hydrogens (tertiary/aromatic N) is 3. The molecule has 2 atom stereocenters. The van der Waals surface area contributed by atoms with Crippen molar-refractivity contribution in [2.45, 2.75) is 19.4 Å². The molecule has 2 N–H and O–H groups in total. The van der Waals surface area contributed by atoms with Crippen molar-refractivity contribution in [3.05, 3.63) is 38.7 Å². The molecule has 1 saturated heterocycles. The van der Waals surface area contributed by atoms with Crippen molar-refractivity contribution in [1.29, 1.82) is 0 Å². The molecule has 0 unspecified atom stereocenters. The molecule has 1 amide bonds. The van der Waals surface area contributed by atoms with Crippen LogP contribution in [0.3, 0.4) is 0 Å². The third-order valence-electron chi connectivity index (χ3n) is 4.72. The van der Waals surface area contributed by atoms with Crippen molar-refractivity contribution in [3.8, 4) is 0 Å². The SMILES string of the molecule is CC[C@@H]1CN(C(=O)c2cnc3[nH]c(=O)[nH]c(=O)c3c2)C[C@H]1N(C)C. The Labute approximate surface area is 138 Å². The molecule has 2 aromatic rings. The van der Waals surface area contributed by atoms with Crippen LogP contribution < -0.4 is 11.2 Å². The van der Waals surface area contributed by atoms with Crippen LogP contribution in [0.15, 0.2) is 21.9 Å². The van der Waals surface area contributed by atoms with Gasteiger partial charge in [-0.25, -0.2) is 9.78 Å². The molecule has 0 saturated carbocycles. The highest BCUT2D eigenvalue weighted by Gasteiger charge is 2.35. The molecule has 3 rings (SSSR count). The zero-order chi connectivity index (χ0) is 17.4. The molecule has 8 heteroatoms. The topological polar surface area (TPSA) is 102 Å². The highest BCUT2D eigenvalue weighted by Crippen LogP contribution is 2.25. The second kappa shape index (κ2) is 6.20. The Morgan fingerprint density at radius 3 is 2.71 bits per heavy atom. The number of likely N-dealkylation sites (tertiary alicyclic amines) is 1. The minimum atomic E-state index is -0.613. The first-order valence-electron chi connectivity index (χ1n) is 7.98. The number of H-pyrrole nitrogens is 2. The van der Waals surface area contributed by atoms with E-state index in [2.05, 4.69) is 26.8 Å². The number of pyridine rings is 1. The Hall–Kier alpha value is -2.48. The summed E-state index contributed by atoms with van der Waals surface area (Å²) in [5.41, 5.74) is -0.623. The van der Waals surface area contributed by atoms with E-state index in [0.717, 1.165) is 6.42 Å². The summed E-state index contributed by atoms with van der Waals surface area (Å²) in [6, 6.07) is 1.82. The molecule has 24 heavy (non-hydrogen) atoms. The van der Waals surface area contributed by atoms with E-state index < -0.39 is 11.2 Å². The molecule has 0 radical (unpaired) electrons. The monoisotopic (exact) mass is 331 g/mol. The van der Waals surface area contributed by atoms with Crippen molar-refractivity contribution >= 4 is 16.9 Å². The maximum atomic E-state index is 12.8. The minimum absolute atomic E-state index is 0.141. The lowest BCUT2D eigenvalue weighted by atomic mass is 10.0. The highest BCUT2D eigenvalue weighted by atomic mass is 16.2. The predicted octanol–water partition coefficient (Wildman–Crippen LogP) is 0.0236. The number of fused-ring (bicyclic) bond motifs is 1. The third kappa shape index (κ3) is 2.84. The standard InChI is InChI=1S/C16H21N5O3/c1-4-9-7-21(8-12(9)20(2)3)15(23)10-5-11-13(17-6-10)18-16(24)19-14(11)22/h5-6,9,12H,4,7-8H2,1-3H3,(H2,17,18,19,22,24)/t9-,12-/m1/s1. The fourth-order valence-electron chi connectivity index (χ4n) is 3.35. The fourth-order valence-corrected chi connectivity index (χ4v) is 3.35. The Morgan fingerprint density at radius 2 is 2.08 bits per heavy atom. The van der Waals surface area contributed by atoms with Gasteiger partial charge in [0, 0.05) is 25.3 Å². The van der Waals surface area contributed by atoms with Gasteiger partial charge in [0.15, 0.2) is 0 Å². The number of amides is 1. The van der Waals surface area contributed by atoms with Gasteiger partial charge in [-0.1, -0.05) is 13.3 Å². The Kier molecular flexibility index (Phi) is 4.23. The summed E-state index contributed by atoms with van der Waals surface area (Å²) < 4.78 is 0. The zero-order valence-corrected chi connectivity index (χ0v) is 14.0. The molecule has 1 fully saturated rings. The number of aromatic amines is 2. The lowest BCUT2D eigenvalue weighted by Gasteiger charge is -2.23. The van der Waals surface area contributed by atoms with Crippen LogP contribution in [0.5, 0.6) is 0 Å². The molecule has 128 valence electrons. The minimum Gasteiger partial charge on any atom is -0.337 e. The van der Waals surface area contributed by atoms with E-state index in [4.69, 9.17) is 0 Å². The molecule has 0 spiro atoms. The number of aromatic nitrogens is 3. The maximum Gasteiger partial charge on any atom is 0.327 e. The van der Waals surface area contributed by atoms with Gasteiger partial charge in [0.05, 0.1) is 10.9 Å². The van der Waals surface area contributed by atoms with Crippen LogP contribution in [0.1, 0.15) is 23.7 Å². The Bertz CT molecular complexity index is 885. The lowest BCUT2D eigenvalue weighted by Crippen LogP contribution is -2.36. The summed E-state index contributed by atoms with van der Waals surface area (Å²) in [5, 5.41) is 0.204. The van der Waals surface area contributed by atoms with Crippen molar-refractivity contribution < 1.29 is 4.79 Å². The number of carbonyl (C=O) groups is 1. The van der Waals surface area contributed by atoms with E-state index in [1.165, 1.54) is 12.3 Å². The summed E-state index contributed by atoms with van der Waals surface area (Å²) in [4.78, 5) is 48.6. The van der Waals surface area contributed by atoms with Gasteiger partial charge in [-0.15, -0.1) is 0 Å². The second-order valence-corrected chi connectivity index (χ2v) is 6.44. The number of nitrogens with one attached hydrogen (secondary N) is 2. The van der Waals surface area contributed by atoms with Gasteiger partial charge in [0.25, 0.3) is 11.5 Å². The molecule has 0 aromatic carbocycles. The number of rotatable bonds is 3. The normalized spacial score (nSPS) is 20.9. The molecule has 0 aliphatic carbocycles. The third-order valence-corrected chi connectivity index (χ3v) is 4.72. The Morgan fingerprint density at radius 1 is 1.33 bits per heavy atom. The quantitative estimate of drug-likeness (QED) is 0.826. The van der Waals surface area contributed by atoms with E-state index in [1.807, 2.05) is 19.0 Å². The van der Waals surface area contributed by atoms with Crippen molar-refractivity contribution in [3.63, 3.8) is 0 Å². The van der Waals surface area contributed by atoms with Crippen LogP contribution in [0.2, 0.25) is 0 Å². The first kappa shape index (κ1) is 16.4. The zero-order valence-electron chi connectivity index (χ0n) is 14.0. The number of hydrogen-bond acceptors (Lipinski definition) is 5. The van der Waals surface area contributed by atoms with Crippen LogP contribution in [0.25, 0.3) is 11.0 Å². The molecule has 8 nitrogen and oxygen atoms in total. The van der Waals surface area contributed by atoms with E-state index in [0.29, 0.717) is 30.6 Å².